The third-order valence-electron chi connectivity index (χ3n) is 3.48. The molecule has 25 heavy (non-hydrogen) atoms. The Labute approximate surface area is 148 Å². The highest BCUT2D eigenvalue weighted by Gasteiger charge is 2.09. The first-order valence-corrected chi connectivity index (χ1v) is 8.01. The number of hydrogen-bond donors (Lipinski definition) is 1. The van der Waals surface area contributed by atoms with E-state index in [-0.39, 0.29) is 18.3 Å². The molecule has 0 bridgehead atoms. The molecule has 0 aliphatic carbocycles. The van der Waals surface area contributed by atoms with Gasteiger partial charge >= 0.3 is 0 Å². The molecule has 0 aliphatic rings. The Balaban J connectivity index is 1.55. The van der Waals surface area contributed by atoms with Crippen molar-refractivity contribution in [1.82, 2.24) is 24.5 Å². The van der Waals surface area contributed by atoms with E-state index in [0.29, 0.717) is 23.7 Å². The number of aryl methyl sites for hydroxylation is 2. The lowest BCUT2D eigenvalue weighted by Crippen LogP contribution is -2.16. The number of anilines is 1. The van der Waals surface area contributed by atoms with E-state index < -0.39 is 5.82 Å². The zero-order chi connectivity index (χ0) is 17.8. The van der Waals surface area contributed by atoms with Gasteiger partial charge in [0, 0.05) is 24.2 Å². The highest BCUT2D eigenvalue weighted by Crippen LogP contribution is 2.18. The molecule has 0 atom stereocenters. The SMILES string of the molecule is Cc1ccn(CCC(=O)Nc2ncn(Cc3ccc(F)cc3Cl)n2)n1. The Morgan fingerprint density at radius 3 is 2.84 bits per heavy atom. The van der Waals surface area contributed by atoms with Crippen molar-refractivity contribution in [3.05, 3.63) is 58.9 Å². The first-order valence-electron chi connectivity index (χ1n) is 7.63. The molecule has 0 spiro atoms. The van der Waals surface area contributed by atoms with E-state index in [1.807, 2.05) is 19.2 Å². The Bertz CT molecular complexity index is 890. The first-order chi connectivity index (χ1) is 12.0. The molecule has 0 radical (unpaired) electrons. The largest absolute Gasteiger partial charge is 0.293 e. The molecule has 1 aromatic carbocycles. The summed E-state index contributed by atoms with van der Waals surface area (Å²) in [6.07, 6.45) is 3.56. The van der Waals surface area contributed by atoms with E-state index in [1.165, 1.54) is 23.1 Å². The maximum Gasteiger partial charge on any atom is 0.248 e. The molecule has 1 N–H and O–H groups in total. The van der Waals surface area contributed by atoms with Crippen molar-refractivity contribution < 1.29 is 9.18 Å². The summed E-state index contributed by atoms with van der Waals surface area (Å²) in [7, 11) is 0. The zero-order valence-corrected chi connectivity index (χ0v) is 14.2. The fourth-order valence-electron chi connectivity index (χ4n) is 2.24. The number of amides is 1. The predicted molar refractivity (Wildman–Crippen MR) is 90.7 cm³/mol. The van der Waals surface area contributed by atoms with Gasteiger partial charge in [0.1, 0.15) is 12.1 Å². The predicted octanol–water partition coefficient (Wildman–Crippen LogP) is 2.65. The minimum Gasteiger partial charge on any atom is -0.293 e. The molecule has 0 saturated heterocycles. The molecule has 130 valence electrons. The monoisotopic (exact) mass is 362 g/mol. The molecular formula is C16H16ClFN6O. The second-order valence-electron chi connectivity index (χ2n) is 5.52. The van der Waals surface area contributed by atoms with Crippen LogP contribution < -0.4 is 5.32 Å². The van der Waals surface area contributed by atoms with Crippen LogP contribution in [0.15, 0.2) is 36.8 Å². The molecule has 1 amide bonds. The van der Waals surface area contributed by atoms with Crippen LogP contribution in [0, 0.1) is 12.7 Å². The minimum absolute atomic E-state index is 0.203. The second kappa shape index (κ2) is 7.43. The number of aromatic nitrogens is 5. The minimum atomic E-state index is -0.396. The van der Waals surface area contributed by atoms with Crippen molar-refractivity contribution in [1.29, 1.82) is 0 Å². The van der Waals surface area contributed by atoms with Gasteiger partial charge in [0.15, 0.2) is 0 Å². The van der Waals surface area contributed by atoms with Crippen LogP contribution in [0.3, 0.4) is 0 Å². The zero-order valence-electron chi connectivity index (χ0n) is 13.5. The van der Waals surface area contributed by atoms with Crippen LogP contribution >= 0.6 is 11.6 Å². The Morgan fingerprint density at radius 2 is 2.12 bits per heavy atom. The van der Waals surface area contributed by atoms with Crippen LogP contribution in [0.4, 0.5) is 10.3 Å². The highest BCUT2D eigenvalue weighted by atomic mass is 35.5. The number of carbonyl (C=O) groups excluding carboxylic acids is 1. The van der Waals surface area contributed by atoms with Gasteiger partial charge in [-0.2, -0.15) is 5.10 Å². The van der Waals surface area contributed by atoms with Gasteiger partial charge < -0.3 is 0 Å². The number of carbonyl (C=O) groups is 1. The molecule has 0 aliphatic heterocycles. The Morgan fingerprint density at radius 1 is 1.28 bits per heavy atom. The van der Waals surface area contributed by atoms with Crippen molar-refractivity contribution in [2.75, 3.05) is 5.32 Å². The average Bonchev–Trinajstić information content (AvgIpc) is 3.17. The molecule has 3 aromatic rings. The van der Waals surface area contributed by atoms with Crippen LogP contribution in [-0.4, -0.2) is 30.5 Å². The summed E-state index contributed by atoms with van der Waals surface area (Å²) in [6.45, 7) is 2.70. The van der Waals surface area contributed by atoms with Crippen molar-refractivity contribution in [2.24, 2.45) is 0 Å². The van der Waals surface area contributed by atoms with Crippen LogP contribution in [0.1, 0.15) is 17.7 Å². The fourth-order valence-corrected chi connectivity index (χ4v) is 2.47. The lowest BCUT2D eigenvalue weighted by atomic mass is 10.2. The average molecular weight is 363 g/mol. The van der Waals surface area contributed by atoms with Gasteiger partial charge in [-0.05, 0) is 30.7 Å². The van der Waals surface area contributed by atoms with E-state index in [4.69, 9.17) is 11.6 Å². The van der Waals surface area contributed by atoms with Gasteiger partial charge in [-0.15, -0.1) is 5.10 Å². The fraction of sp³-hybridized carbons (Fsp3) is 0.250. The van der Waals surface area contributed by atoms with E-state index in [9.17, 15) is 9.18 Å². The second-order valence-corrected chi connectivity index (χ2v) is 5.93. The standard InChI is InChI=1S/C16H16ClFN6O/c1-11-4-6-23(21-11)7-5-15(25)20-16-19-10-24(22-16)9-12-2-3-13(18)8-14(12)17/h2-4,6,8,10H,5,7,9H2,1H3,(H,20,22,25). The highest BCUT2D eigenvalue weighted by molar-refractivity contribution is 6.31. The normalized spacial score (nSPS) is 10.8. The lowest BCUT2D eigenvalue weighted by Gasteiger charge is -2.04. The number of benzene rings is 1. The van der Waals surface area contributed by atoms with E-state index in [1.54, 1.807) is 10.7 Å². The van der Waals surface area contributed by atoms with Crippen LogP contribution in [0.5, 0.6) is 0 Å². The number of nitrogens with zero attached hydrogens (tertiary/aromatic N) is 5. The molecule has 0 saturated carbocycles. The molecule has 0 unspecified atom stereocenters. The third-order valence-corrected chi connectivity index (χ3v) is 3.83. The van der Waals surface area contributed by atoms with Gasteiger partial charge in [0.2, 0.25) is 11.9 Å². The molecule has 7 nitrogen and oxygen atoms in total. The summed E-state index contributed by atoms with van der Waals surface area (Å²) in [4.78, 5) is 16.0. The van der Waals surface area contributed by atoms with Crippen molar-refractivity contribution in [3.63, 3.8) is 0 Å². The van der Waals surface area contributed by atoms with Crippen LogP contribution in [0.25, 0.3) is 0 Å². The summed E-state index contributed by atoms with van der Waals surface area (Å²) in [5.74, 6) is -0.390. The molecule has 3 rings (SSSR count). The number of rotatable bonds is 6. The lowest BCUT2D eigenvalue weighted by molar-refractivity contribution is -0.116. The van der Waals surface area contributed by atoms with Crippen LogP contribution in [-0.2, 0) is 17.9 Å². The number of halogens is 2. The van der Waals surface area contributed by atoms with E-state index in [2.05, 4.69) is 20.5 Å². The number of hydrogen-bond acceptors (Lipinski definition) is 4. The van der Waals surface area contributed by atoms with Crippen molar-refractivity contribution >= 4 is 23.5 Å². The van der Waals surface area contributed by atoms with Crippen LogP contribution in [0.2, 0.25) is 5.02 Å². The number of nitrogens with one attached hydrogen (secondary N) is 1. The maximum atomic E-state index is 13.1. The van der Waals surface area contributed by atoms with E-state index in [0.717, 1.165) is 5.69 Å². The molecule has 0 fully saturated rings. The smallest absolute Gasteiger partial charge is 0.248 e. The summed E-state index contributed by atoms with van der Waals surface area (Å²) in [5, 5.41) is 11.3. The van der Waals surface area contributed by atoms with Gasteiger partial charge in [0.25, 0.3) is 0 Å². The topological polar surface area (TPSA) is 77.6 Å². The third kappa shape index (κ3) is 4.63. The summed E-state index contributed by atoms with van der Waals surface area (Å²) in [5.41, 5.74) is 1.61. The summed E-state index contributed by atoms with van der Waals surface area (Å²) < 4.78 is 16.3. The summed E-state index contributed by atoms with van der Waals surface area (Å²) >= 11 is 5.99. The molecular weight excluding hydrogens is 347 g/mol. The quantitative estimate of drug-likeness (QED) is 0.731. The van der Waals surface area contributed by atoms with Gasteiger partial charge in [-0.3, -0.25) is 14.8 Å². The maximum absolute atomic E-state index is 13.1. The first kappa shape index (κ1) is 17.1. The van der Waals surface area contributed by atoms with Gasteiger partial charge in [0.05, 0.1) is 12.2 Å². The Hall–Kier alpha value is -2.74. The molecule has 2 aromatic heterocycles. The van der Waals surface area contributed by atoms with E-state index >= 15 is 0 Å². The van der Waals surface area contributed by atoms with Crippen molar-refractivity contribution in [3.8, 4) is 0 Å². The molecule has 9 heteroatoms. The summed E-state index contributed by atoms with van der Waals surface area (Å²) in [6, 6.07) is 6.04. The Kier molecular flexibility index (Phi) is 5.08. The van der Waals surface area contributed by atoms with Gasteiger partial charge in [-0.1, -0.05) is 17.7 Å². The van der Waals surface area contributed by atoms with Crippen molar-refractivity contribution in [2.45, 2.75) is 26.4 Å². The van der Waals surface area contributed by atoms with Gasteiger partial charge in [-0.25, -0.2) is 14.1 Å². The molecule has 2 heterocycles.